The van der Waals surface area contributed by atoms with Crippen LogP contribution in [0, 0.1) is 0 Å². The Morgan fingerprint density at radius 1 is 0.903 bits per heavy atom. The van der Waals surface area contributed by atoms with Gasteiger partial charge >= 0.3 is 0 Å². The molecule has 1 N–H and O–H groups in total. The van der Waals surface area contributed by atoms with Crippen LogP contribution in [0.5, 0.6) is 5.75 Å². The first-order valence-corrected chi connectivity index (χ1v) is 11.8. The molecule has 0 radical (unpaired) electrons. The average Bonchev–Trinajstić information content (AvgIpc) is 3.24. The Balaban J connectivity index is 1.61. The van der Waals surface area contributed by atoms with Crippen LogP contribution >= 0.6 is 15.9 Å². The van der Waals surface area contributed by atoms with E-state index in [9.17, 15) is 8.42 Å². The summed E-state index contributed by atoms with van der Waals surface area (Å²) in [7, 11) is -3.89. The van der Waals surface area contributed by atoms with Crippen molar-refractivity contribution >= 4 is 31.7 Å². The second-order valence-corrected chi connectivity index (χ2v) is 9.35. The van der Waals surface area contributed by atoms with Gasteiger partial charge in [0.15, 0.2) is 0 Å². The molecule has 31 heavy (non-hydrogen) atoms. The Morgan fingerprint density at radius 2 is 1.55 bits per heavy atom. The number of hydrogen-bond donors (Lipinski definition) is 1. The smallest absolute Gasteiger partial charge is 0.234 e. The van der Waals surface area contributed by atoms with Crippen molar-refractivity contribution in [3.05, 3.63) is 89.4 Å². The van der Waals surface area contributed by atoms with Crippen LogP contribution in [0.15, 0.2) is 104 Å². The molecule has 4 rings (SSSR count). The summed E-state index contributed by atoms with van der Waals surface area (Å²) in [5, 5.41) is 2.86. The fourth-order valence-corrected chi connectivity index (χ4v) is 4.42. The predicted molar refractivity (Wildman–Crippen MR) is 122 cm³/mol. The van der Waals surface area contributed by atoms with Gasteiger partial charge in [0.2, 0.25) is 26.6 Å². The van der Waals surface area contributed by atoms with Crippen molar-refractivity contribution in [2.24, 2.45) is 0 Å². The van der Waals surface area contributed by atoms with Gasteiger partial charge in [-0.2, -0.15) is 4.98 Å². The second-order valence-electron chi connectivity index (χ2n) is 6.56. The molecule has 0 aliphatic carbocycles. The summed E-state index contributed by atoms with van der Waals surface area (Å²) in [5.74, 6) is 1.04. The molecule has 1 heterocycles. The number of ether oxygens (including phenoxy) is 1. The topological polar surface area (TPSA) is 81.4 Å². The van der Waals surface area contributed by atoms with E-state index in [2.05, 4.69) is 26.2 Å². The number of oxazole rings is 1. The average molecular weight is 499 g/mol. The fourth-order valence-electron chi connectivity index (χ4n) is 2.88. The summed E-state index contributed by atoms with van der Waals surface area (Å²) in [5.41, 5.74) is 0.684. The largest absolute Gasteiger partial charge is 0.492 e. The molecule has 0 aliphatic heterocycles. The van der Waals surface area contributed by atoms with E-state index in [1.807, 2.05) is 60.7 Å². The lowest BCUT2D eigenvalue weighted by molar-refractivity contribution is 0.331. The van der Waals surface area contributed by atoms with Crippen LogP contribution in [0.25, 0.3) is 11.5 Å². The molecular weight excluding hydrogens is 480 g/mol. The third-order valence-electron chi connectivity index (χ3n) is 4.39. The highest BCUT2D eigenvalue weighted by atomic mass is 79.9. The van der Waals surface area contributed by atoms with Crippen molar-refractivity contribution in [3.63, 3.8) is 0 Å². The number of nitrogens with one attached hydrogen (secondary N) is 1. The molecule has 1 aromatic heterocycles. The zero-order valence-corrected chi connectivity index (χ0v) is 18.8. The van der Waals surface area contributed by atoms with E-state index in [1.165, 1.54) is 12.1 Å². The van der Waals surface area contributed by atoms with Gasteiger partial charge in [-0.3, -0.25) is 0 Å². The van der Waals surface area contributed by atoms with Crippen LogP contribution in [0.2, 0.25) is 0 Å². The van der Waals surface area contributed by atoms with Gasteiger partial charge in [0, 0.05) is 10.0 Å². The zero-order chi connectivity index (χ0) is 21.7. The highest BCUT2D eigenvalue weighted by Gasteiger charge is 2.28. The van der Waals surface area contributed by atoms with Crippen LogP contribution in [-0.4, -0.2) is 26.6 Å². The Hall–Kier alpha value is -3.10. The maximum atomic E-state index is 13.3. The minimum Gasteiger partial charge on any atom is -0.492 e. The van der Waals surface area contributed by atoms with Crippen molar-refractivity contribution in [2.45, 2.75) is 9.92 Å². The molecule has 0 bridgehead atoms. The molecule has 8 heteroatoms. The summed E-state index contributed by atoms with van der Waals surface area (Å²) < 4.78 is 38.8. The normalized spacial score (nSPS) is 11.3. The number of sulfone groups is 1. The number of halogens is 1. The molecule has 158 valence electrons. The van der Waals surface area contributed by atoms with Crippen LogP contribution in [0.1, 0.15) is 0 Å². The lowest BCUT2D eigenvalue weighted by atomic mass is 10.2. The second kappa shape index (κ2) is 9.36. The molecule has 0 aliphatic rings. The zero-order valence-electron chi connectivity index (χ0n) is 16.4. The van der Waals surface area contributed by atoms with E-state index >= 15 is 0 Å². The standard InChI is InChI=1S/C23H19BrN2O4S/c24-18-11-13-20(14-12-18)31(27,28)23-22(25-15-16-29-19-9-5-2-6-10-19)30-21(26-23)17-7-3-1-4-8-17/h1-14,25H,15-16H2. The molecule has 0 saturated heterocycles. The molecule has 6 nitrogen and oxygen atoms in total. The minimum absolute atomic E-state index is 0.0819. The Kier molecular flexibility index (Phi) is 6.39. The molecule has 0 atom stereocenters. The Bertz CT molecular complexity index is 1240. The maximum absolute atomic E-state index is 13.3. The first-order chi connectivity index (χ1) is 15.0. The van der Waals surface area contributed by atoms with Gasteiger partial charge in [-0.25, -0.2) is 8.42 Å². The SMILES string of the molecule is O=S(=O)(c1ccc(Br)cc1)c1nc(-c2ccccc2)oc1NCCOc1ccccc1. The monoisotopic (exact) mass is 498 g/mol. The maximum Gasteiger partial charge on any atom is 0.234 e. The number of aromatic nitrogens is 1. The Labute approximate surface area is 189 Å². The van der Waals surface area contributed by atoms with Crippen molar-refractivity contribution in [3.8, 4) is 17.2 Å². The third-order valence-corrected chi connectivity index (χ3v) is 6.60. The highest BCUT2D eigenvalue weighted by Crippen LogP contribution is 2.32. The summed E-state index contributed by atoms with van der Waals surface area (Å²) in [6.45, 7) is 0.657. The van der Waals surface area contributed by atoms with Gasteiger partial charge in [0.1, 0.15) is 12.4 Å². The molecule has 0 fully saturated rings. The number of benzene rings is 3. The fraction of sp³-hybridized carbons (Fsp3) is 0.0870. The number of anilines is 1. The summed E-state index contributed by atoms with van der Waals surface area (Å²) in [6.07, 6.45) is 0. The van der Waals surface area contributed by atoms with Crippen molar-refractivity contribution in [2.75, 3.05) is 18.5 Å². The number of nitrogens with zero attached hydrogens (tertiary/aromatic N) is 1. The van der Waals surface area contributed by atoms with Gasteiger partial charge in [-0.05, 0) is 48.5 Å². The van der Waals surface area contributed by atoms with Crippen molar-refractivity contribution < 1.29 is 17.6 Å². The lowest BCUT2D eigenvalue weighted by Gasteiger charge is -2.08. The van der Waals surface area contributed by atoms with Crippen LogP contribution in [-0.2, 0) is 9.84 Å². The summed E-state index contributed by atoms with van der Waals surface area (Å²) in [6, 6.07) is 24.9. The first kappa shape index (κ1) is 21.1. The molecular formula is C23H19BrN2O4S. The van der Waals surface area contributed by atoms with Crippen LogP contribution in [0.4, 0.5) is 5.88 Å². The van der Waals surface area contributed by atoms with Gasteiger partial charge in [0.25, 0.3) is 0 Å². The lowest BCUT2D eigenvalue weighted by Crippen LogP contribution is -2.13. The predicted octanol–water partition coefficient (Wildman–Crippen LogP) is 5.43. The highest BCUT2D eigenvalue weighted by molar-refractivity contribution is 9.10. The summed E-state index contributed by atoms with van der Waals surface area (Å²) in [4.78, 5) is 4.45. The van der Waals surface area contributed by atoms with E-state index in [0.717, 1.165) is 10.2 Å². The quantitative estimate of drug-likeness (QED) is 0.326. The van der Waals surface area contributed by atoms with E-state index in [1.54, 1.807) is 12.1 Å². The van der Waals surface area contributed by atoms with Gasteiger partial charge < -0.3 is 14.5 Å². The van der Waals surface area contributed by atoms with Gasteiger partial charge in [-0.15, -0.1) is 0 Å². The molecule has 0 unspecified atom stereocenters. The van der Waals surface area contributed by atoms with E-state index in [4.69, 9.17) is 9.15 Å². The van der Waals surface area contributed by atoms with Crippen molar-refractivity contribution in [1.82, 2.24) is 4.98 Å². The minimum atomic E-state index is -3.89. The number of rotatable bonds is 8. The van der Waals surface area contributed by atoms with Gasteiger partial charge in [0.05, 0.1) is 11.4 Å². The number of hydrogen-bond acceptors (Lipinski definition) is 6. The Morgan fingerprint density at radius 3 is 2.23 bits per heavy atom. The molecule has 0 spiro atoms. The molecule has 3 aromatic carbocycles. The van der Waals surface area contributed by atoms with E-state index < -0.39 is 9.84 Å². The third kappa shape index (κ3) is 4.98. The van der Waals surface area contributed by atoms with E-state index in [-0.39, 0.29) is 21.7 Å². The summed E-state index contributed by atoms with van der Waals surface area (Å²) >= 11 is 3.32. The van der Waals surface area contributed by atoms with Gasteiger partial charge in [-0.1, -0.05) is 52.3 Å². The molecule has 0 saturated carbocycles. The molecule has 0 amide bonds. The van der Waals surface area contributed by atoms with Crippen LogP contribution < -0.4 is 10.1 Å². The van der Waals surface area contributed by atoms with Crippen molar-refractivity contribution in [1.29, 1.82) is 0 Å². The van der Waals surface area contributed by atoms with Crippen LogP contribution in [0.3, 0.4) is 0 Å². The first-order valence-electron chi connectivity index (χ1n) is 9.53. The number of para-hydroxylation sites is 1. The molecule has 4 aromatic rings. The van der Waals surface area contributed by atoms with E-state index in [0.29, 0.717) is 18.7 Å².